The van der Waals surface area contributed by atoms with E-state index < -0.39 is 12.4 Å². The number of nitrogens with two attached hydrogens (primary N) is 1. The number of piperidine rings is 1. The van der Waals surface area contributed by atoms with Crippen molar-refractivity contribution in [1.29, 1.82) is 0 Å². The van der Waals surface area contributed by atoms with Gasteiger partial charge >= 0.3 is 0 Å². The van der Waals surface area contributed by atoms with Gasteiger partial charge < -0.3 is 15.7 Å². The number of amides is 1. The van der Waals surface area contributed by atoms with Crippen LogP contribution in [0.3, 0.4) is 0 Å². The van der Waals surface area contributed by atoms with Crippen molar-refractivity contribution >= 4 is 17.4 Å². The summed E-state index contributed by atoms with van der Waals surface area (Å²) in [5.74, 6) is 0.608. The highest BCUT2D eigenvalue weighted by atomic mass is 19.1. The number of rotatable bonds is 5. The third-order valence-electron chi connectivity index (χ3n) is 8.47. The van der Waals surface area contributed by atoms with Crippen LogP contribution in [-0.4, -0.2) is 64.4 Å². The summed E-state index contributed by atoms with van der Waals surface area (Å²) in [6.07, 6.45) is 9.15. The first-order valence-corrected chi connectivity index (χ1v) is 13.2. The number of aromatic nitrogens is 6. The molecule has 0 radical (unpaired) electrons. The van der Waals surface area contributed by atoms with Crippen molar-refractivity contribution in [3.8, 4) is 22.5 Å². The lowest BCUT2D eigenvalue weighted by Gasteiger charge is -2.39. The van der Waals surface area contributed by atoms with Crippen LogP contribution in [0.2, 0.25) is 0 Å². The van der Waals surface area contributed by atoms with Gasteiger partial charge in [0.25, 0.3) is 0 Å². The Morgan fingerprint density at radius 2 is 1.92 bits per heavy atom. The number of halogens is 1. The number of pyridine rings is 1. The molecule has 2 aliphatic heterocycles. The van der Waals surface area contributed by atoms with E-state index in [-0.39, 0.29) is 29.6 Å². The third-order valence-corrected chi connectivity index (χ3v) is 8.47. The average molecular weight is 517 g/mol. The van der Waals surface area contributed by atoms with Crippen LogP contribution in [0, 0.1) is 12.7 Å². The Morgan fingerprint density at radius 1 is 1.16 bits per heavy atom. The topological polar surface area (TPSA) is 138 Å². The standard InChI is InChI=1S/C27H29FN8O2/c1-13-23(28)25(34-33-13)20-7-4-15(10-30-20)19-11-31-36-26(29)22(14-2-3-14)24(32-27(19)36)16-8-17-5-6-18(9-16)35(17)21(38)12-37/h4,7,10-11,14,16-18,37H,2-3,5-6,8-9,12,29H2,1H3,(H,33,34)/t16-,17-,18+. The number of hydrogen-bond acceptors (Lipinski definition) is 7. The highest BCUT2D eigenvalue weighted by molar-refractivity contribution is 5.80. The summed E-state index contributed by atoms with van der Waals surface area (Å²) in [5, 5.41) is 20.7. The Labute approximate surface area is 218 Å². The molecule has 11 heteroatoms. The largest absolute Gasteiger partial charge is 0.387 e. The van der Waals surface area contributed by atoms with Gasteiger partial charge in [0, 0.05) is 40.9 Å². The summed E-state index contributed by atoms with van der Waals surface area (Å²) in [7, 11) is 0. The van der Waals surface area contributed by atoms with Gasteiger partial charge in [-0.05, 0) is 57.4 Å². The van der Waals surface area contributed by atoms with Crippen molar-refractivity contribution in [2.75, 3.05) is 12.3 Å². The predicted molar refractivity (Wildman–Crippen MR) is 138 cm³/mol. The number of hydrogen-bond donors (Lipinski definition) is 3. The minimum absolute atomic E-state index is 0.122. The number of carbonyl (C=O) groups excluding carboxylic acids is 1. The lowest BCUT2D eigenvalue weighted by Crippen LogP contribution is -2.47. The van der Waals surface area contributed by atoms with Gasteiger partial charge in [-0.2, -0.15) is 14.7 Å². The molecule has 1 aliphatic carbocycles. The smallest absolute Gasteiger partial charge is 0.248 e. The van der Waals surface area contributed by atoms with E-state index in [4.69, 9.17) is 10.7 Å². The Balaban J connectivity index is 1.28. The van der Waals surface area contributed by atoms with Crippen molar-refractivity contribution < 1.29 is 14.3 Å². The lowest BCUT2D eigenvalue weighted by atomic mass is 9.85. The summed E-state index contributed by atoms with van der Waals surface area (Å²) in [6, 6.07) is 3.86. The zero-order valence-corrected chi connectivity index (χ0v) is 21.1. The van der Waals surface area contributed by atoms with Crippen molar-refractivity contribution in [1.82, 2.24) is 34.7 Å². The summed E-state index contributed by atoms with van der Waals surface area (Å²) in [6.45, 7) is 1.18. The van der Waals surface area contributed by atoms with Gasteiger partial charge in [-0.3, -0.25) is 14.9 Å². The van der Waals surface area contributed by atoms with Crippen LogP contribution < -0.4 is 5.73 Å². The Kier molecular flexibility index (Phi) is 5.26. The molecule has 196 valence electrons. The minimum Gasteiger partial charge on any atom is -0.387 e. The second-order valence-corrected chi connectivity index (χ2v) is 10.8. The van der Waals surface area contributed by atoms with Gasteiger partial charge in [0.15, 0.2) is 11.5 Å². The van der Waals surface area contributed by atoms with Crippen LogP contribution in [0.15, 0.2) is 24.5 Å². The van der Waals surface area contributed by atoms with E-state index in [1.165, 1.54) is 0 Å². The van der Waals surface area contributed by atoms with Gasteiger partial charge in [-0.15, -0.1) is 0 Å². The van der Waals surface area contributed by atoms with Gasteiger partial charge in [0.2, 0.25) is 5.91 Å². The maximum absolute atomic E-state index is 14.3. The summed E-state index contributed by atoms with van der Waals surface area (Å²) in [4.78, 5) is 23.9. The fourth-order valence-corrected chi connectivity index (χ4v) is 6.52. The molecular weight excluding hydrogens is 487 g/mol. The van der Waals surface area contributed by atoms with E-state index in [0.717, 1.165) is 60.9 Å². The van der Waals surface area contributed by atoms with Gasteiger partial charge in [-0.25, -0.2) is 9.37 Å². The van der Waals surface area contributed by atoms with E-state index in [1.807, 2.05) is 11.0 Å². The molecule has 4 N–H and O–H groups in total. The fraction of sp³-hybridized carbons (Fsp3) is 0.444. The number of nitrogens with one attached hydrogen (secondary N) is 1. The molecule has 0 spiro atoms. The molecule has 7 rings (SSSR count). The van der Waals surface area contributed by atoms with Crippen molar-refractivity contribution in [2.24, 2.45) is 0 Å². The van der Waals surface area contributed by atoms with E-state index in [0.29, 0.717) is 28.8 Å². The molecule has 4 aromatic heterocycles. The molecule has 38 heavy (non-hydrogen) atoms. The number of aryl methyl sites for hydroxylation is 1. The highest BCUT2D eigenvalue weighted by Crippen LogP contribution is 2.50. The molecule has 0 aromatic carbocycles. The molecule has 2 saturated heterocycles. The number of carbonyl (C=O) groups is 1. The molecule has 10 nitrogen and oxygen atoms in total. The monoisotopic (exact) mass is 516 g/mol. The molecule has 1 saturated carbocycles. The molecule has 3 aliphatic rings. The second kappa shape index (κ2) is 8.59. The van der Waals surface area contributed by atoms with Crippen LogP contribution in [-0.2, 0) is 4.79 Å². The summed E-state index contributed by atoms with van der Waals surface area (Å²) >= 11 is 0. The molecule has 2 bridgehead atoms. The molecule has 4 aromatic rings. The third kappa shape index (κ3) is 3.52. The van der Waals surface area contributed by atoms with Crippen molar-refractivity contribution in [3.05, 3.63) is 47.3 Å². The molecule has 3 atom stereocenters. The number of anilines is 1. The molecule has 3 fully saturated rings. The highest BCUT2D eigenvalue weighted by Gasteiger charge is 2.45. The molecule has 0 unspecified atom stereocenters. The van der Waals surface area contributed by atoms with E-state index in [1.54, 1.807) is 29.9 Å². The zero-order valence-electron chi connectivity index (χ0n) is 21.1. The van der Waals surface area contributed by atoms with Crippen LogP contribution in [0.4, 0.5) is 10.2 Å². The number of fused-ring (bicyclic) bond motifs is 3. The second-order valence-electron chi connectivity index (χ2n) is 10.8. The fourth-order valence-electron chi connectivity index (χ4n) is 6.52. The van der Waals surface area contributed by atoms with E-state index in [2.05, 4.69) is 20.3 Å². The Bertz CT molecular complexity index is 1540. The quantitative estimate of drug-likeness (QED) is 0.370. The molecule has 1 amide bonds. The number of aromatic amines is 1. The number of nitrogens with zero attached hydrogens (tertiary/aromatic N) is 6. The van der Waals surface area contributed by atoms with Gasteiger partial charge in [0.1, 0.15) is 18.1 Å². The lowest BCUT2D eigenvalue weighted by molar-refractivity contribution is -0.138. The maximum atomic E-state index is 14.3. The molecule has 6 heterocycles. The Hall–Kier alpha value is -3.86. The van der Waals surface area contributed by atoms with E-state index >= 15 is 0 Å². The van der Waals surface area contributed by atoms with Crippen LogP contribution >= 0.6 is 0 Å². The number of nitrogen functional groups attached to an aromatic ring is 1. The first kappa shape index (κ1) is 23.3. The first-order valence-electron chi connectivity index (χ1n) is 13.2. The zero-order chi connectivity index (χ0) is 26.1. The Morgan fingerprint density at radius 3 is 2.53 bits per heavy atom. The van der Waals surface area contributed by atoms with Crippen LogP contribution in [0.1, 0.15) is 67.3 Å². The maximum Gasteiger partial charge on any atom is 0.248 e. The van der Waals surface area contributed by atoms with E-state index in [9.17, 15) is 14.3 Å². The van der Waals surface area contributed by atoms with Crippen molar-refractivity contribution in [3.63, 3.8) is 0 Å². The summed E-state index contributed by atoms with van der Waals surface area (Å²) in [5.41, 5.74) is 12.1. The van der Waals surface area contributed by atoms with Crippen LogP contribution in [0.25, 0.3) is 28.2 Å². The number of aliphatic hydroxyl groups is 1. The van der Waals surface area contributed by atoms with Gasteiger partial charge in [0.05, 0.1) is 23.3 Å². The van der Waals surface area contributed by atoms with Gasteiger partial charge in [-0.1, -0.05) is 6.07 Å². The molecular formula is C27H29FN8O2. The first-order chi connectivity index (χ1) is 18.4. The van der Waals surface area contributed by atoms with Crippen molar-refractivity contribution in [2.45, 2.75) is 69.4 Å². The SMILES string of the molecule is Cc1[nH]nc(-c2ccc(-c3cnn4c(N)c(C5CC5)c([C@@H]5C[C@H]6CC[C@@H](C5)N6C(=O)CO)nc34)cn2)c1F. The normalized spacial score (nSPS) is 22.9. The van der Waals surface area contributed by atoms with Crippen LogP contribution in [0.5, 0.6) is 0 Å². The summed E-state index contributed by atoms with van der Waals surface area (Å²) < 4.78 is 16.1. The average Bonchev–Trinajstić information content (AvgIpc) is 3.50. The number of aliphatic hydroxyl groups excluding tert-OH is 1. The minimum atomic E-state index is -0.444. The predicted octanol–water partition coefficient (Wildman–Crippen LogP) is 3.32. The number of H-pyrrole nitrogens is 1.